The fourth-order valence-corrected chi connectivity index (χ4v) is 3.54. The average Bonchev–Trinajstić information content (AvgIpc) is 3.00. The first kappa shape index (κ1) is 21.1. The van der Waals surface area contributed by atoms with Gasteiger partial charge in [0.2, 0.25) is 0 Å². The molecule has 0 aliphatic carbocycles. The molecule has 0 aromatic heterocycles. The van der Waals surface area contributed by atoms with Crippen molar-refractivity contribution in [3.8, 4) is 0 Å². The molecule has 0 bridgehead atoms. The Morgan fingerprint density at radius 3 is 2.86 bits per heavy atom. The number of hydrogen-bond acceptors (Lipinski definition) is 6. The van der Waals surface area contributed by atoms with Crippen LogP contribution in [0.3, 0.4) is 0 Å². The van der Waals surface area contributed by atoms with Gasteiger partial charge in [-0.1, -0.05) is 30.3 Å². The second kappa shape index (κ2) is 9.24. The molecule has 8 heteroatoms. The summed E-state index contributed by atoms with van der Waals surface area (Å²) in [7, 11) is 0. The number of nitrogens with two attached hydrogens (primary N) is 1. The van der Waals surface area contributed by atoms with Crippen LogP contribution >= 0.6 is 11.6 Å². The van der Waals surface area contributed by atoms with Crippen LogP contribution in [0.2, 0.25) is 0 Å². The van der Waals surface area contributed by atoms with E-state index in [4.69, 9.17) is 22.1 Å². The maximum atomic E-state index is 12.5. The first-order chi connectivity index (χ1) is 13.8. The van der Waals surface area contributed by atoms with Crippen molar-refractivity contribution in [3.05, 3.63) is 52.3 Å². The van der Waals surface area contributed by atoms with Crippen LogP contribution in [0, 0.1) is 0 Å². The average molecular weight is 417 g/mol. The Bertz CT molecular complexity index is 888. The number of aliphatic imine (C=N–C) groups is 1. The number of allylic oxidation sites excluding steroid dienone is 1. The van der Waals surface area contributed by atoms with Crippen molar-refractivity contribution in [1.82, 2.24) is 10.2 Å². The second-order valence-corrected chi connectivity index (χ2v) is 7.64. The number of ketones is 1. The van der Waals surface area contributed by atoms with Gasteiger partial charge in [-0.15, -0.1) is 0 Å². The van der Waals surface area contributed by atoms with Crippen molar-refractivity contribution in [2.45, 2.75) is 32.4 Å². The molecule has 2 aliphatic heterocycles. The van der Waals surface area contributed by atoms with Gasteiger partial charge in [-0.3, -0.25) is 9.59 Å². The SMILES string of the molecule is C=C(/N=C\C(Cl)=C(/N)c1ccc2c(c1)C(=O)N(CC(C)=O)C2)NC1CCOCC1. The standard InChI is InChI=1S/C21H25ClN4O3/c1-13(27)11-26-12-16-4-3-15(9-18(16)21(26)28)20(23)19(22)10-24-14(2)25-17-5-7-29-8-6-17/h3-4,9-10,17,25H,2,5-8,11-12,23H2,1H3/b20-19+,24-10-. The summed E-state index contributed by atoms with van der Waals surface area (Å²) in [6, 6.07) is 5.64. The summed E-state index contributed by atoms with van der Waals surface area (Å²) in [6.07, 6.45) is 3.26. The van der Waals surface area contributed by atoms with Crippen LogP contribution in [0.1, 0.15) is 41.3 Å². The van der Waals surface area contributed by atoms with E-state index in [0.29, 0.717) is 29.2 Å². The molecule has 2 aliphatic rings. The summed E-state index contributed by atoms with van der Waals surface area (Å²) in [5.41, 5.74) is 8.52. The Labute approximate surface area is 175 Å². The van der Waals surface area contributed by atoms with Gasteiger partial charge in [0, 0.05) is 37.6 Å². The highest BCUT2D eigenvalue weighted by Gasteiger charge is 2.28. The summed E-state index contributed by atoms with van der Waals surface area (Å²) >= 11 is 6.31. The summed E-state index contributed by atoms with van der Waals surface area (Å²) in [5, 5.41) is 3.50. The third-order valence-corrected chi connectivity index (χ3v) is 5.20. The largest absolute Gasteiger partial charge is 0.397 e. The van der Waals surface area contributed by atoms with Gasteiger partial charge in [-0.2, -0.15) is 0 Å². The molecule has 1 aromatic rings. The molecule has 1 saturated heterocycles. The lowest BCUT2D eigenvalue weighted by Crippen LogP contribution is -2.33. The van der Waals surface area contributed by atoms with Crippen LogP contribution in [0.5, 0.6) is 0 Å². The van der Waals surface area contributed by atoms with Gasteiger partial charge < -0.3 is 20.7 Å². The normalized spacial score (nSPS) is 18.0. The highest BCUT2D eigenvalue weighted by Crippen LogP contribution is 2.26. The number of carbonyl (C=O) groups excluding carboxylic acids is 2. The first-order valence-electron chi connectivity index (χ1n) is 9.49. The molecule has 2 heterocycles. The first-order valence-corrected chi connectivity index (χ1v) is 9.87. The van der Waals surface area contributed by atoms with Crippen molar-refractivity contribution < 1.29 is 14.3 Å². The fourth-order valence-electron chi connectivity index (χ4n) is 3.38. The van der Waals surface area contributed by atoms with Gasteiger partial charge in [0.05, 0.1) is 17.3 Å². The van der Waals surface area contributed by atoms with Crippen molar-refractivity contribution >= 4 is 35.2 Å². The van der Waals surface area contributed by atoms with Gasteiger partial charge in [0.1, 0.15) is 11.6 Å². The number of hydrogen-bond donors (Lipinski definition) is 2. The zero-order valence-corrected chi connectivity index (χ0v) is 17.2. The van der Waals surface area contributed by atoms with Crippen LogP contribution < -0.4 is 11.1 Å². The van der Waals surface area contributed by atoms with Crippen molar-refractivity contribution in [3.63, 3.8) is 0 Å². The van der Waals surface area contributed by atoms with E-state index in [1.807, 2.05) is 12.1 Å². The van der Waals surface area contributed by atoms with E-state index in [-0.39, 0.29) is 29.3 Å². The number of nitrogens with one attached hydrogen (secondary N) is 1. The Hall–Kier alpha value is -2.64. The van der Waals surface area contributed by atoms with Crippen molar-refractivity contribution in [2.24, 2.45) is 10.7 Å². The molecule has 0 spiro atoms. The number of halogens is 1. The van der Waals surface area contributed by atoms with E-state index in [0.717, 1.165) is 31.6 Å². The van der Waals surface area contributed by atoms with Crippen LogP contribution in [0.4, 0.5) is 0 Å². The molecule has 0 unspecified atom stereocenters. The maximum Gasteiger partial charge on any atom is 0.254 e. The summed E-state index contributed by atoms with van der Waals surface area (Å²) < 4.78 is 5.33. The van der Waals surface area contributed by atoms with Gasteiger partial charge in [0.15, 0.2) is 0 Å². The predicted octanol–water partition coefficient (Wildman–Crippen LogP) is 2.41. The third-order valence-electron chi connectivity index (χ3n) is 4.90. The number of carbonyl (C=O) groups is 2. The topological polar surface area (TPSA) is 97.0 Å². The molecule has 3 N–H and O–H groups in total. The van der Waals surface area contributed by atoms with Crippen LogP contribution in [0.25, 0.3) is 5.70 Å². The van der Waals surface area contributed by atoms with Gasteiger partial charge in [-0.05, 0) is 37.0 Å². The zero-order valence-electron chi connectivity index (χ0n) is 16.4. The smallest absolute Gasteiger partial charge is 0.254 e. The molecule has 0 atom stereocenters. The molecular weight excluding hydrogens is 392 g/mol. The maximum absolute atomic E-state index is 12.5. The Kier molecular flexibility index (Phi) is 6.71. The van der Waals surface area contributed by atoms with Gasteiger partial charge >= 0.3 is 0 Å². The zero-order chi connectivity index (χ0) is 21.0. The van der Waals surface area contributed by atoms with Crippen LogP contribution in [-0.2, 0) is 16.1 Å². The summed E-state index contributed by atoms with van der Waals surface area (Å²) in [5.74, 6) is 0.273. The van der Waals surface area contributed by atoms with E-state index >= 15 is 0 Å². The highest BCUT2D eigenvalue weighted by atomic mass is 35.5. The van der Waals surface area contributed by atoms with Gasteiger partial charge in [-0.25, -0.2) is 4.99 Å². The second-order valence-electron chi connectivity index (χ2n) is 7.23. The van der Waals surface area contributed by atoms with Crippen LogP contribution in [0.15, 0.2) is 40.6 Å². The van der Waals surface area contributed by atoms with E-state index in [9.17, 15) is 9.59 Å². The molecule has 0 saturated carbocycles. The Morgan fingerprint density at radius 2 is 2.17 bits per heavy atom. The fraction of sp³-hybridized carbons (Fsp3) is 0.381. The van der Waals surface area contributed by atoms with Crippen molar-refractivity contribution in [1.29, 1.82) is 0 Å². The minimum absolute atomic E-state index is 0.0559. The number of amides is 1. The van der Waals surface area contributed by atoms with Crippen molar-refractivity contribution in [2.75, 3.05) is 19.8 Å². The van der Waals surface area contributed by atoms with Gasteiger partial charge in [0.25, 0.3) is 5.91 Å². The molecular formula is C21H25ClN4O3. The molecule has 7 nitrogen and oxygen atoms in total. The molecule has 1 fully saturated rings. The molecule has 3 rings (SSSR count). The molecule has 1 amide bonds. The predicted molar refractivity (Wildman–Crippen MR) is 113 cm³/mol. The van der Waals surface area contributed by atoms with E-state index in [1.165, 1.54) is 18.0 Å². The number of Topliss-reactive ketones (excluding diaryl/α,β-unsaturated/α-hetero) is 1. The minimum Gasteiger partial charge on any atom is -0.397 e. The lowest BCUT2D eigenvalue weighted by molar-refractivity contribution is -0.117. The quantitative estimate of drug-likeness (QED) is 0.665. The number of benzene rings is 1. The minimum atomic E-state index is -0.177. The number of fused-ring (bicyclic) bond motifs is 1. The monoisotopic (exact) mass is 416 g/mol. The Morgan fingerprint density at radius 1 is 1.45 bits per heavy atom. The molecule has 29 heavy (non-hydrogen) atoms. The van der Waals surface area contributed by atoms with Crippen LogP contribution in [-0.4, -0.2) is 48.6 Å². The van der Waals surface area contributed by atoms with E-state index < -0.39 is 0 Å². The molecule has 154 valence electrons. The lowest BCUT2D eigenvalue weighted by Gasteiger charge is -2.23. The Balaban J connectivity index is 1.69. The molecule has 0 radical (unpaired) electrons. The highest BCUT2D eigenvalue weighted by molar-refractivity contribution is 6.42. The third kappa shape index (κ3) is 5.25. The summed E-state index contributed by atoms with van der Waals surface area (Å²) in [6.45, 7) is 7.33. The molecule has 1 aromatic carbocycles. The number of rotatable bonds is 7. The lowest BCUT2D eigenvalue weighted by atomic mass is 10.0. The number of nitrogens with zero attached hydrogens (tertiary/aromatic N) is 2. The number of ether oxygens (including phenoxy) is 1. The van der Waals surface area contributed by atoms with E-state index in [1.54, 1.807) is 6.07 Å². The van der Waals surface area contributed by atoms with E-state index in [2.05, 4.69) is 16.9 Å². The summed E-state index contributed by atoms with van der Waals surface area (Å²) in [4.78, 5) is 29.6.